The SMILES string of the molecule is CC1=[C-]C(C)C(C)=C1C.Cc1ccc(C)c2c(-c3ccccc3)c[cH-]c12.Cl.Cl.[CH3-].[CH3-].[Si]=[Zr]. The zero-order chi connectivity index (χ0) is 20.8. The van der Waals surface area contributed by atoms with E-state index in [9.17, 15) is 0 Å². The summed E-state index contributed by atoms with van der Waals surface area (Å²) in [6.45, 7) is 16.1. The molecule has 1 atom stereocenters. The standard InChI is InChI=1S/C17H15.C9H13.2CH3.2ClH.Si.Zr/c1-12-8-9-13(2)17-15(12)10-11-16(17)14-6-4-3-5-7-14;1-6-5-7(2)9(4)8(6)3;;;;;;/h3-11H,1-2H3;6H,1-4H3;2*1H3;2*1H;;/q4*-1;;;;. The first-order valence-corrected chi connectivity index (χ1v) is 13.8. The van der Waals surface area contributed by atoms with Crippen molar-refractivity contribution in [2.24, 2.45) is 5.92 Å². The summed E-state index contributed by atoms with van der Waals surface area (Å²) in [5.41, 5.74) is 9.61. The summed E-state index contributed by atoms with van der Waals surface area (Å²) in [5.74, 6) is 0.560. The molecule has 1 aliphatic carbocycles. The van der Waals surface area contributed by atoms with Crippen LogP contribution in [0.1, 0.15) is 38.8 Å². The van der Waals surface area contributed by atoms with Gasteiger partial charge >= 0.3 is 30.2 Å². The Hall–Kier alpha value is -0.790. The van der Waals surface area contributed by atoms with Crippen LogP contribution in [-0.4, -0.2) is 6.88 Å². The van der Waals surface area contributed by atoms with Crippen LogP contribution in [0.3, 0.4) is 0 Å². The molecule has 4 rings (SSSR count). The number of rotatable bonds is 1. The van der Waals surface area contributed by atoms with Crippen molar-refractivity contribution in [2.75, 3.05) is 0 Å². The maximum absolute atomic E-state index is 3.36. The predicted octanol–water partition coefficient (Wildman–Crippen LogP) is 8.93. The summed E-state index contributed by atoms with van der Waals surface area (Å²) in [7, 11) is 0. The Morgan fingerprint density at radius 2 is 1.38 bits per heavy atom. The third kappa shape index (κ3) is 8.21. The molecule has 2 radical (unpaired) electrons. The van der Waals surface area contributed by atoms with Gasteiger partial charge in [0.05, 0.1) is 0 Å². The number of halogens is 2. The van der Waals surface area contributed by atoms with E-state index >= 15 is 0 Å². The van der Waals surface area contributed by atoms with Gasteiger partial charge in [0, 0.05) is 0 Å². The molecule has 1 unspecified atom stereocenters. The zero-order valence-corrected chi connectivity index (χ0v) is 25.7. The Bertz CT molecular complexity index is 1020. The molecular weight excluding hydrogens is 527 g/mol. The van der Waals surface area contributed by atoms with Crippen LogP contribution in [0.4, 0.5) is 0 Å². The second-order valence-corrected chi connectivity index (χ2v) is 7.40. The molecule has 0 aromatic heterocycles. The molecule has 0 spiro atoms. The third-order valence-corrected chi connectivity index (χ3v) is 5.68. The Kier molecular flexibility index (Phi) is 18.8. The average Bonchev–Trinajstić information content (AvgIpc) is 3.26. The van der Waals surface area contributed by atoms with Gasteiger partial charge in [-0.2, -0.15) is 11.1 Å². The molecule has 0 nitrogen and oxygen atoms in total. The normalized spacial score (nSPS) is 13.5. The van der Waals surface area contributed by atoms with Gasteiger partial charge in [-0.3, -0.25) is 6.08 Å². The Morgan fingerprint density at radius 1 is 0.844 bits per heavy atom. The molecule has 0 saturated carbocycles. The van der Waals surface area contributed by atoms with E-state index in [4.69, 9.17) is 0 Å². The van der Waals surface area contributed by atoms with Crippen molar-refractivity contribution in [3.05, 3.63) is 103 Å². The summed E-state index contributed by atoms with van der Waals surface area (Å²) in [5, 5.41) is 2.78. The van der Waals surface area contributed by atoms with Crippen molar-refractivity contribution in [2.45, 2.75) is 41.5 Å². The quantitative estimate of drug-likeness (QED) is 0.205. The first-order chi connectivity index (χ1) is 13.4. The van der Waals surface area contributed by atoms with Gasteiger partial charge in [-0.15, -0.1) is 71.8 Å². The molecule has 0 aliphatic heterocycles. The van der Waals surface area contributed by atoms with Crippen LogP contribution in [0.15, 0.2) is 71.3 Å². The van der Waals surface area contributed by atoms with Crippen LogP contribution in [0, 0.1) is 40.7 Å². The Morgan fingerprint density at radius 3 is 1.81 bits per heavy atom. The van der Waals surface area contributed by atoms with Crippen LogP contribution >= 0.6 is 24.8 Å². The molecule has 174 valence electrons. The van der Waals surface area contributed by atoms with E-state index in [1.807, 2.05) is 0 Å². The van der Waals surface area contributed by atoms with E-state index in [0.29, 0.717) is 5.92 Å². The maximum atomic E-state index is 3.36. The first kappa shape index (κ1) is 35.8. The fraction of sp³-hybridized carbons (Fsp3) is 0.250. The van der Waals surface area contributed by atoms with Crippen molar-refractivity contribution in [1.82, 2.24) is 0 Å². The van der Waals surface area contributed by atoms with Crippen molar-refractivity contribution in [1.29, 1.82) is 0 Å². The summed E-state index contributed by atoms with van der Waals surface area (Å²) < 4.78 is 0. The van der Waals surface area contributed by atoms with E-state index < -0.39 is 0 Å². The van der Waals surface area contributed by atoms with E-state index in [2.05, 4.69) is 109 Å². The summed E-state index contributed by atoms with van der Waals surface area (Å²) in [4.78, 5) is 0. The number of fused-ring (bicyclic) bond motifs is 1. The van der Waals surface area contributed by atoms with Gasteiger partial charge in [-0.25, -0.2) is 5.57 Å². The first-order valence-electron chi connectivity index (χ1n) is 9.64. The Labute approximate surface area is 226 Å². The minimum absolute atomic E-state index is 0. The second kappa shape index (κ2) is 16.8. The molecule has 32 heavy (non-hydrogen) atoms. The molecule has 3 aromatic carbocycles. The summed E-state index contributed by atoms with van der Waals surface area (Å²) >= 11 is 1.36. The van der Waals surface area contributed by atoms with Crippen molar-refractivity contribution in [3.8, 4) is 11.1 Å². The topological polar surface area (TPSA) is 0 Å². The molecule has 0 fully saturated rings. The average molecular weight is 563 g/mol. The number of hydrogen-bond acceptors (Lipinski definition) is 0. The molecule has 1 aliphatic rings. The second-order valence-electron chi connectivity index (χ2n) is 7.40. The van der Waals surface area contributed by atoms with Crippen LogP contribution in [0.25, 0.3) is 21.9 Å². The zero-order valence-electron chi connectivity index (χ0n) is 20.6. The van der Waals surface area contributed by atoms with Crippen LogP contribution < -0.4 is 0 Å². The van der Waals surface area contributed by atoms with E-state index in [-0.39, 0.29) is 39.7 Å². The molecule has 0 N–H and O–H groups in total. The van der Waals surface area contributed by atoms with Gasteiger partial charge in [0.1, 0.15) is 0 Å². The van der Waals surface area contributed by atoms with Crippen molar-refractivity contribution < 1.29 is 23.3 Å². The molecule has 0 heterocycles. The number of aryl methyl sites for hydroxylation is 2. The van der Waals surface area contributed by atoms with E-state index in [0.717, 1.165) is 0 Å². The van der Waals surface area contributed by atoms with Gasteiger partial charge in [-0.05, 0) is 6.92 Å². The molecule has 3 aromatic rings. The monoisotopic (exact) mass is 560 g/mol. The fourth-order valence-electron chi connectivity index (χ4n) is 3.68. The molecule has 0 amide bonds. The van der Waals surface area contributed by atoms with E-state index in [1.54, 1.807) is 0 Å². The van der Waals surface area contributed by atoms with Gasteiger partial charge in [0.15, 0.2) is 0 Å². The van der Waals surface area contributed by atoms with Gasteiger partial charge in [0.2, 0.25) is 0 Å². The minimum atomic E-state index is 0. The van der Waals surface area contributed by atoms with Gasteiger partial charge < -0.3 is 14.9 Å². The van der Waals surface area contributed by atoms with Crippen LogP contribution in [0.5, 0.6) is 0 Å². The van der Waals surface area contributed by atoms with Crippen molar-refractivity contribution in [3.63, 3.8) is 0 Å². The Balaban J connectivity index is -0.000000490. The fourth-order valence-corrected chi connectivity index (χ4v) is 3.68. The number of hydrogen-bond donors (Lipinski definition) is 0. The third-order valence-electron chi connectivity index (χ3n) is 5.68. The predicted molar refractivity (Wildman–Crippen MR) is 147 cm³/mol. The van der Waals surface area contributed by atoms with Gasteiger partial charge in [-0.1, -0.05) is 81.1 Å². The molecule has 4 heteroatoms. The summed E-state index contributed by atoms with van der Waals surface area (Å²) in [6, 6.07) is 19.5. The van der Waals surface area contributed by atoms with E-state index in [1.165, 1.54) is 73.1 Å². The molecule has 0 saturated heterocycles. The van der Waals surface area contributed by atoms with Crippen LogP contribution in [0.2, 0.25) is 0 Å². The number of allylic oxidation sites excluding steroid dienone is 4. The number of benzene rings is 2. The molecule has 0 bridgehead atoms. The van der Waals surface area contributed by atoms with Crippen LogP contribution in [-0.2, 0) is 23.3 Å². The van der Waals surface area contributed by atoms with Crippen molar-refractivity contribution >= 4 is 42.5 Å². The van der Waals surface area contributed by atoms with Gasteiger partial charge in [0.25, 0.3) is 0 Å². The summed E-state index contributed by atoms with van der Waals surface area (Å²) in [6.07, 6.45) is 3.36. The molecular formula is C28H36Cl2SiZr-4.